The van der Waals surface area contributed by atoms with E-state index in [0.29, 0.717) is 46.1 Å². The van der Waals surface area contributed by atoms with Crippen LogP contribution in [-0.4, -0.2) is 45.3 Å². The van der Waals surface area contributed by atoms with Gasteiger partial charge in [-0.1, -0.05) is 36.4 Å². The van der Waals surface area contributed by atoms with Crippen molar-refractivity contribution >= 4 is 11.9 Å². The van der Waals surface area contributed by atoms with Crippen molar-refractivity contribution in [3.63, 3.8) is 0 Å². The summed E-state index contributed by atoms with van der Waals surface area (Å²) >= 11 is 0. The first-order valence-electron chi connectivity index (χ1n) is 10.5. The van der Waals surface area contributed by atoms with Crippen molar-refractivity contribution < 1.29 is 28.5 Å². The second kappa shape index (κ2) is 10.3. The van der Waals surface area contributed by atoms with Crippen LogP contribution in [0.5, 0.6) is 11.5 Å². The van der Waals surface area contributed by atoms with E-state index in [1.807, 2.05) is 55.1 Å². The summed E-state index contributed by atoms with van der Waals surface area (Å²) in [5.41, 5.74) is 3.87. The first-order valence-corrected chi connectivity index (χ1v) is 10.5. The molecule has 0 bridgehead atoms. The number of carbonyl (C=O) groups is 2. The molecule has 2 aromatic rings. The molecule has 2 aromatic carbocycles. The van der Waals surface area contributed by atoms with E-state index in [9.17, 15) is 9.59 Å². The summed E-state index contributed by atoms with van der Waals surface area (Å²) in [6, 6.07) is 15.2. The van der Waals surface area contributed by atoms with Gasteiger partial charge in [-0.15, -0.1) is 0 Å². The van der Waals surface area contributed by atoms with Gasteiger partial charge in [0.2, 0.25) is 0 Å². The van der Waals surface area contributed by atoms with Crippen LogP contribution in [0.15, 0.2) is 71.1 Å². The molecule has 0 N–H and O–H groups in total. The average molecular weight is 452 g/mol. The molecular formula is C26H29NO6. The summed E-state index contributed by atoms with van der Waals surface area (Å²) < 4.78 is 21.1. The number of methoxy groups -OCH3 is 4. The Bertz CT molecular complexity index is 1060. The lowest BCUT2D eigenvalue weighted by atomic mass is 9.79. The maximum Gasteiger partial charge on any atom is 0.336 e. The van der Waals surface area contributed by atoms with Gasteiger partial charge >= 0.3 is 11.9 Å². The largest absolute Gasteiger partial charge is 0.493 e. The lowest BCUT2D eigenvalue weighted by Crippen LogP contribution is -2.34. The predicted molar refractivity (Wildman–Crippen MR) is 124 cm³/mol. The third kappa shape index (κ3) is 4.58. The fourth-order valence-electron chi connectivity index (χ4n) is 4.22. The van der Waals surface area contributed by atoms with Crippen LogP contribution in [0.25, 0.3) is 0 Å². The number of esters is 2. The highest BCUT2D eigenvalue weighted by Gasteiger charge is 2.40. The Kier molecular flexibility index (Phi) is 7.43. The van der Waals surface area contributed by atoms with E-state index in [1.54, 1.807) is 19.2 Å². The maximum absolute atomic E-state index is 13.1. The molecule has 0 unspecified atom stereocenters. The number of rotatable bonds is 7. The van der Waals surface area contributed by atoms with E-state index in [1.165, 1.54) is 21.3 Å². The van der Waals surface area contributed by atoms with Crippen molar-refractivity contribution in [1.29, 1.82) is 0 Å². The Hall–Kier alpha value is -3.74. The SMILES string of the molecule is COC(=O)C1=C(C)N(Cc2ccccc2)C(C)=C(C(=O)OC)C1c1ccc(OC)c(OC)c1. The maximum atomic E-state index is 13.1. The Morgan fingerprint density at radius 2 is 1.33 bits per heavy atom. The number of hydrogen-bond acceptors (Lipinski definition) is 7. The van der Waals surface area contributed by atoms with E-state index >= 15 is 0 Å². The normalized spacial score (nSPS) is 14.3. The first-order chi connectivity index (χ1) is 15.9. The number of allylic oxidation sites excluding steroid dienone is 2. The summed E-state index contributed by atoms with van der Waals surface area (Å²) in [6.45, 7) is 4.21. The third-order valence-electron chi connectivity index (χ3n) is 5.90. The second-order valence-corrected chi connectivity index (χ2v) is 7.60. The van der Waals surface area contributed by atoms with E-state index in [4.69, 9.17) is 18.9 Å². The van der Waals surface area contributed by atoms with Crippen LogP contribution >= 0.6 is 0 Å². The quantitative estimate of drug-likeness (QED) is 0.584. The highest BCUT2D eigenvalue weighted by Crippen LogP contribution is 2.45. The Labute approximate surface area is 194 Å². The minimum Gasteiger partial charge on any atom is -0.493 e. The van der Waals surface area contributed by atoms with E-state index in [0.717, 1.165) is 5.56 Å². The number of carbonyl (C=O) groups excluding carboxylic acids is 2. The molecule has 0 aliphatic carbocycles. The van der Waals surface area contributed by atoms with Gasteiger partial charge in [0, 0.05) is 17.9 Å². The molecule has 0 fully saturated rings. The van der Waals surface area contributed by atoms with Gasteiger partial charge in [0.05, 0.1) is 45.5 Å². The van der Waals surface area contributed by atoms with E-state index < -0.39 is 17.9 Å². The molecular weight excluding hydrogens is 422 g/mol. The van der Waals surface area contributed by atoms with Gasteiger partial charge < -0.3 is 23.8 Å². The van der Waals surface area contributed by atoms with Crippen molar-refractivity contribution in [2.45, 2.75) is 26.3 Å². The van der Waals surface area contributed by atoms with Crippen LogP contribution in [0, 0.1) is 0 Å². The molecule has 0 saturated carbocycles. The summed E-state index contributed by atoms with van der Waals surface area (Å²) in [7, 11) is 5.75. The van der Waals surface area contributed by atoms with Gasteiger partial charge in [-0.2, -0.15) is 0 Å². The van der Waals surface area contributed by atoms with E-state index in [2.05, 4.69) is 0 Å². The van der Waals surface area contributed by atoms with Gasteiger partial charge in [-0.05, 0) is 37.1 Å². The summed E-state index contributed by atoms with van der Waals surface area (Å²) in [4.78, 5) is 28.1. The van der Waals surface area contributed by atoms with Crippen LogP contribution in [0.3, 0.4) is 0 Å². The van der Waals surface area contributed by atoms with Gasteiger partial charge in [0.25, 0.3) is 0 Å². The molecule has 174 valence electrons. The van der Waals surface area contributed by atoms with Crippen LogP contribution in [0.2, 0.25) is 0 Å². The van der Waals surface area contributed by atoms with Crippen molar-refractivity contribution in [2.75, 3.05) is 28.4 Å². The fourth-order valence-corrected chi connectivity index (χ4v) is 4.22. The third-order valence-corrected chi connectivity index (χ3v) is 5.90. The molecule has 1 aliphatic heterocycles. The zero-order valence-electron chi connectivity index (χ0n) is 19.8. The number of benzene rings is 2. The lowest BCUT2D eigenvalue weighted by Gasteiger charge is -2.38. The Morgan fingerprint density at radius 1 is 0.788 bits per heavy atom. The van der Waals surface area contributed by atoms with Gasteiger partial charge in [0.1, 0.15) is 0 Å². The van der Waals surface area contributed by atoms with Crippen LogP contribution < -0.4 is 9.47 Å². The molecule has 1 aliphatic rings. The van der Waals surface area contributed by atoms with Crippen LogP contribution in [-0.2, 0) is 25.6 Å². The van der Waals surface area contributed by atoms with Crippen molar-refractivity contribution in [1.82, 2.24) is 4.90 Å². The minimum atomic E-state index is -0.697. The molecule has 0 atom stereocenters. The van der Waals surface area contributed by atoms with Gasteiger partial charge in [0.15, 0.2) is 11.5 Å². The summed E-state index contributed by atoms with van der Waals surface area (Å²) in [5, 5.41) is 0. The molecule has 0 radical (unpaired) electrons. The topological polar surface area (TPSA) is 74.3 Å². The molecule has 0 spiro atoms. The summed E-state index contributed by atoms with van der Waals surface area (Å²) in [6.07, 6.45) is 0. The van der Waals surface area contributed by atoms with Crippen LogP contribution in [0.4, 0.5) is 0 Å². The standard InChI is InChI=1S/C26H29NO6/c1-16-22(25(28)32-5)24(19-12-13-20(30-3)21(14-19)31-4)23(26(29)33-6)17(2)27(16)15-18-10-8-7-9-11-18/h7-14,24H,15H2,1-6H3. The second-order valence-electron chi connectivity index (χ2n) is 7.60. The number of ether oxygens (including phenoxy) is 4. The number of hydrogen-bond donors (Lipinski definition) is 0. The van der Waals surface area contributed by atoms with Gasteiger partial charge in [-0.25, -0.2) is 9.59 Å². The highest BCUT2D eigenvalue weighted by atomic mass is 16.5. The van der Waals surface area contributed by atoms with Crippen molar-refractivity contribution in [3.8, 4) is 11.5 Å². The lowest BCUT2D eigenvalue weighted by molar-refractivity contribution is -0.137. The molecule has 7 nitrogen and oxygen atoms in total. The smallest absolute Gasteiger partial charge is 0.336 e. The van der Waals surface area contributed by atoms with Crippen LogP contribution in [0.1, 0.15) is 30.9 Å². The number of nitrogens with zero attached hydrogens (tertiary/aromatic N) is 1. The molecule has 1 heterocycles. The Balaban J connectivity index is 2.25. The van der Waals surface area contributed by atoms with Gasteiger partial charge in [-0.3, -0.25) is 0 Å². The zero-order valence-corrected chi connectivity index (χ0v) is 19.8. The molecule has 0 amide bonds. The minimum absolute atomic E-state index is 0.367. The Morgan fingerprint density at radius 3 is 1.82 bits per heavy atom. The highest BCUT2D eigenvalue weighted by molar-refractivity contribution is 5.99. The molecule has 33 heavy (non-hydrogen) atoms. The first kappa shape index (κ1) is 23.9. The van der Waals surface area contributed by atoms with Crippen molar-refractivity contribution in [2.24, 2.45) is 0 Å². The predicted octanol–water partition coefficient (Wildman–Crippen LogP) is 4.20. The monoisotopic (exact) mass is 451 g/mol. The molecule has 0 aromatic heterocycles. The molecule has 7 heteroatoms. The molecule has 0 saturated heterocycles. The average Bonchev–Trinajstić information content (AvgIpc) is 2.85. The molecule has 3 rings (SSSR count). The zero-order chi connectivity index (χ0) is 24.1. The summed E-state index contributed by atoms with van der Waals surface area (Å²) in [5.74, 6) is -0.691. The van der Waals surface area contributed by atoms with Crippen molar-refractivity contribution in [3.05, 3.63) is 82.2 Å². The fraction of sp³-hybridized carbons (Fsp3) is 0.308. The van der Waals surface area contributed by atoms with E-state index in [-0.39, 0.29) is 0 Å².